The Balaban J connectivity index is 2.47. The van der Waals surface area contributed by atoms with Crippen LogP contribution in [0.2, 0.25) is 0 Å². The van der Waals surface area contributed by atoms with E-state index in [1.807, 2.05) is 12.1 Å². The van der Waals surface area contributed by atoms with Gasteiger partial charge in [0.15, 0.2) is 0 Å². The summed E-state index contributed by atoms with van der Waals surface area (Å²) in [7, 11) is 0. The first-order valence-corrected chi connectivity index (χ1v) is 6.33. The Morgan fingerprint density at radius 3 is 3.00 bits per heavy atom. The Labute approximate surface area is 103 Å². The van der Waals surface area contributed by atoms with Crippen molar-refractivity contribution in [2.24, 2.45) is 0 Å². The molecule has 1 unspecified atom stereocenters. The molecule has 1 aromatic rings. The minimum Gasteiger partial charge on any atom is -0.396 e. The van der Waals surface area contributed by atoms with Gasteiger partial charge >= 0.3 is 0 Å². The van der Waals surface area contributed by atoms with Gasteiger partial charge in [0, 0.05) is 37.1 Å². The fourth-order valence-corrected chi connectivity index (χ4v) is 1.62. The van der Waals surface area contributed by atoms with E-state index < -0.39 is 0 Å². The standard InChI is InChI=1S/C13H23N3O/c1-3-7-14-13-10-12(6-8-15-13)16-11(2)5-4-9-17/h6,8,10-11,17H,3-5,7,9H2,1-2H3,(H2,14,15,16). The Bertz CT molecular complexity index is 317. The summed E-state index contributed by atoms with van der Waals surface area (Å²) in [5.41, 5.74) is 1.07. The molecule has 4 heteroatoms. The van der Waals surface area contributed by atoms with Crippen LogP contribution in [0.25, 0.3) is 0 Å². The van der Waals surface area contributed by atoms with Crippen molar-refractivity contribution >= 4 is 11.5 Å². The number of aromatic nitrogens is 1. The Morgan fingerprint density at radius 2 is 2.29 bits per heavy atom. The lowest BCUT2D eigenvalue weighted by molar-refractivity contribution is 0.282. The second-order valence-corrected chi connectivity index (χ2v) is 4.27. The predicted molar refractivity (Wildman–Crippen MR) is 72.4 cm³/mol. The molecular formula is C13H23N3O. The third kappa shape index (κ3) is 5.54. The number of hydrogen-bond acceptors (Lipinski definition) is 4. The molecule has 0 bridgehead atoms. The van der Waals surface area contributed by atoms with Crippen molar-refractivity contribution in [1.29, 1.82) is 0 Å². The van der Waals surface area contributed by atoms with Gasteiger partial charge in [-0.05, 0) is 32.3 Å². The Hall–Kier alpha value is -1.29. The fraction of sp³-hybridized carbons (Fsp3) is 0.615. The first kappa shape index (κ1) is 13.8. The molecule has 0 aliphatic carbocycles. The molecule has 1 heterocycles. The van der Waals surface area contributed by atoms with Gasteiger partial charge in [0.1, 0.15) is 5.82 Å². The Morgan fingerprint density at radius 1 is 1.47 bits per heavy atom. The first-order chi connectivity index (χ1) is 8.26. The summed E-state index contributed by atoms with van der Waals surface area (Å²) in [4.78, 5) is 4.26. The fourth-order valence-electron chi connectivity index (χ4n) is 1.62. The molecule has 0 saturated heterocycles. The molecule has 17 heavy (non-hydrogen) atoms. The largest absolute Gasteiger partial charge is 0.396 e. The van der Waals surface area contributed by atoms with Gasteiger partial charge in [-0.3, -0.25) is 0 Å². The number of anilines is 2. The van der Waals surface area contributed by atoms with Crippen molar-refractivity contribution in [3.05, 3.63) is 18.3 Å². The van der Waals surface area contributed by atoms with Crippen LogP contribution in [-0.2, 0) is 0 Å². The normalized spacial score (nSPS) is 12.2. The van der Waals surface area contributed by atoms with Gasteiger partial charge < -0.3 is 15.7 Å². The van der Waals surface area contributed by atoms with E-state index in [9.17, 15) is 0 Å². The van der Waals surface area contributed by atoms with Crippen molar-refractivity contribution in [3.8, 4) is 0 Å². The van der Waals surface area contributed by atoms with Crippen LogP contribution >= 0.6 is 0 Å². The summed E-state index contributed by atoms with van der Waals surface area (Å²) in [6.45, 7) is 5.45. The molecule has 1 atom stereocenters. The lowest BCUT2D eigenvalue weighted by Gasteiger charge is -2.15. The summed E-state index contributed by atoms with van der Waals surface area (Å²) in [5, 5.41) is 15.4. The number of hydrogen-bond donors (Lipinski definition) is 3. The second-order valence-electron chi connectivity index (χ2n) is 4.27. The van der Waals surface area contributed by atoms with Crippen molar-refractivity contribution in [2.45, 2.75) is 39.2 Å². The smallest absolute Gasteiger partial charge is 0.127 e. The topological polar surface area (TPSA) is 57.2 Å². The van der Waals surface area contributed by atoms with Gasteiger partial charge in [-0.25, -0.2) is 4.98 Å². The Kier molecular flexibility index (Phi) is 6.40. The van der Waals surface area contributed by atoms with Gasteiger partial charge in [0.05, 0.1) is 0 Å². The minimum absolute atomic E-state index is 0.256. The maximum atomic E-state index is 8.77. The molecule has 1 aromatic heterocycles. The minimum atomic E-state index is 0.256. The maximum absolute atomic E-state index is 8.77. The van der Waals surface area contributed by atoms with E-state index in [1.165, 1.54) is 0 Å². The highest BCUT2D eigenvalue weighted by molar-refractivity contribution is 5.52. The molecule has 4 nitrogen and oxygen atoms in total. The van der Waals surface area contributed by atoms with Crippen molar-refractivity contribution in [2.75, 3.05) is 23.8 Å². The molecule has 0 amide bonds. The lowest BCUT2D eigenvalue weighted by Crippen LogP contribution is -2.15. The number of aliphatic hydroxyl groups excluding tert-OH is 1. The molecule has 0 aromatic carbocycles. The van der Waals surface area contributed by atoms with Crippen LogP contribution in [0.1, 0.15) is 33.1 Å². The highest BCUT2D eigenvalue weighted by Crippen LogP contribution is 2.14. The summed E-state index contributed by atoms with van der Waals surface area (Å²) >= 11 is 0. The molecule has 0 spiro atoms. The van der Waals surface area contributed by atoms with Crippen molar-refractivity contribution in [3.63, 3.8) is 0 Å². The average molecular weight is 237 g/mol. The van der Waals surface area contributed by atoms with Crippen LogP contribution in [0.4, 0.5) is 11.5 Å². The quantitative estimate of drug-likeness (QED) is 0.650. The van der Waals surface area contributed by atoms with E-state index >= 15 is 0 Å². The van der Waals surface area contributed by atoms with E-state index in [0.29, 0.717) is 6.04 Å². The predicted octanol–water partition coefficient (Wildman–Crippen LogP) is 2.48. The van der Waals surface area contributed by atoms with Crippen LogP contribution in [-0.4, -0.2) is 29.3 Å². The summed E-state index contributed by atoms with van der Waals surface area (Å²) < 4.78 is 0. The molecule has 0 radical (unpaired) electrons. The van der Waals surface area contributed by atoms with Gasteiger partial charge in [0.25, 0.3) is 0 Å². The third-order valence-electron chi connectivity index (χ3n) is 2.52. The molecular weight excluding hydrogens is 214 g/mol. The molecule has 3 N–H and O–H groups in total. The van der Waals surface area contributed by atoms with Gasteiger partial charge in [-0.15, -0.1) is 0 Å². The zero-order valence-electron chi connectivity index (χ0n) is 10.7. The van der Waals surface area contributed by atoms with E-state index in [2.05, 4.69) is 29.5 Å². The second kappa shape index (κ2) is 7.90. The van der Waals surface area contributed by atoms with Crippen molar-refractivity contribution < 1.29 is 5.11 Å². The van der Waals surface area contributed by atoms with E-state index in [0.717, 1.165) is 37.3 Å². The SMILES string of the molecule is CCCNc1cc(NC(C)CCCO)ccn1. The van der Waals surface area contributed by atoms with Gasteiger partial charge in [0.2, 0.25) is 0 Å². The molecule has 0 aliphatic heterocycles. The number of aliphatic hydroxyl groups is 1. The molecule has 1 rings (SSSR count). The number of nitrogens with one attached hydrogen (secondary N) is 2. The summed E-state index contributed by atoms with van der Waals surface area (Å²) in [6, 6.07) is 4.35. The van der Waals surface area contributed by atoms with Crippen LogP contribution in [0, 0.1) is 0 Å². The highest BCUT2D eigenvalue weighted by atomic mass is 16.2. The zero-order chi connectivity index (χ0) is 12.5. The molecule has 96 valence electrons. The maximum Gasteiger partial charge on any atom is 0.127 e. The van der Waals surface area contributed by atoms with Gasteiger partial charge in [-0.1, -0.05) is 6.92 Å². The van der Waals surface area contributed by atoms with E-state index in [1.54, 1.807) is 6.20 Å². The van der Waals surface area contributed by atoms with E-state index in [-0.39, 0.29) is 6.61 Å². The molecule has 0 saturated carbocycles. The van der Waals surface area contributed by atoms with Gasteiger partial charge in [-0.2, -0.15) is 0 Å². The van der Waals surface area contributed by atoms with Crippen LogP contribution in [0.15, 0.2) is 18.3 Å². The van der Waals surface area contributed by atoms with E-state index in [4.69, 9.17) is 5.11 Å². The number of pyridine rings is 1. The lowest BCUT2D eigenvalue weighted by atomic mass is 10.2. The highest BCUT2D eigenvalue weighted by Gasteiger charge is 2.02. The third-order valence-corrected chi connectivity index (χ3v) is 2.52. The average Bonchev–Trinajstić information content (AvgIpc) is 2.34. The number of nitrogens with zero attached hydrogens (tertiary/aromatic N) is 1. The van der Waals surface area contributed by atoms with Crippen LogP contribution in [0.3, 0.4) is 0 Å². The zero-order valence-corrected chi connectivity index (χ0v) is 10.7. The van der Waals surface area contributed by atoms with Crippen molar-refractivity contribution in [1.82, 2.24) is 4.98 Å². The summed E-state index contributed by atoms with van der Waals surface area (Å²) in [6.07, 6.45) is 4.70. The van der Waals surface area contributed by atoms with Crippen LogP contribution in [0.5, 0.6) is 0 Å². The first-order valence-electron chi connectivity index (χ1n) is 6.33. The molecule has 0 fully saturated rings. The number of rotatable bonds is 8. The summed E-state index contributed by atoms with van der Waals surface area (Å²) in [5.74, 6) is 0.909. The molecule has 0 aliphatic rings. The monoisotopic (exact) mass is 237 g/mol. The van der Waals surface area contributed by atoms with Crippen LogP contribution < -0.4 is 10.6 Å².